The maximum atomic E-state index is 13.2. The summed E-state index contributed by atoms with van der Waals surface area (Å²) in [6.07, 6.45) is 0. The number of benzene rings is 3. The Morgan fingerprint density at radius 1 is 1.03 bits per heavy atom. The molecule has 5 nitrogen and oxygen atoms in total. The summed E-state index contributed by atoms with van der Waals surface area (Å²) in [5.74, 6) is -1.31. The number of aliphatic hydroxyl groups excluding tert-OH is 1. The van der Waals surface area contributed by atoms with Gasteiger partial charge in [-0.2, -0.15) is 0 Å². The Kier molecular flexibility index (Phi) is 6.52. The lowest BCUT2D eigenvalue weighted by atomic mass is 9.94. The number of hydrogen-bond acceptors (Lipinski definition) is 4. The zero-order valence-electron chi connectivity index (χ0n) is 17.6. The number of methoxy groups -OCH3 is 1. The second kappa shape index (κ2) is 9.21. The molecular formula is C25H18BrCl2NO4. The number of carbonyl (C=O) groups is 2. The van der Waals surface area contributed by atoms with E-state index >= 15 is 0 Å². The van der Waals surface area contributed by atoms with Crippen LogP contribution in [0.2, 0.25) is 10.0 Å². The Hall–Kier alpha value is -2.80. The first-order valence-corrected chi connectivity index (χ1v) is 11.4. The summed E-state index contributed by atoms with van der Waals surface area (Å²) in [6.45, 7) is 1.91. The first kappa shape index (κ1) is 23.4. The summed E-state index contributed by atoms with van der Waals surface area (Å²) >= 11 is 15.8. The summed E-state index contributed by atoms with van der Waals surface area (Å²) in [4.78, 5) is 27.8. The van der Waals surface area contributed by atoms with Crippen molar-refractivity contribution >= 4 is 62.3 Å². The number of amides is 1. The molecule has 168 valence electrons. The Bertz CT molecular complexity index is 1300. The van der Waals surface area contributed by atoms with Gasteiger partial charge in [0.05, 0.1) is 23.2 Å². The molecule has 1 unspecified atom stereocenters. The standard InChI is InChI=1S/C25H18BrCl2NO4/c1-13-4-3-5-14(8-13)22-21(23(30)15-6-7-20(33-2)19(26)9-15)24(31)25(32)29(22)18-11-16(27)10-17(28)12-18/h3-12,22,30H,1-2H3/b23-21+. The SMILES string of the molecule is COc1ccc(/C(O)=C2\C(=O)C(=O)N(c3cc(Cl)cc(Cl)c3)C2c2cccc(C)c2)cc1Br. The summed E-state index contributed by atoms with van der Waals surface area (Å²) in [5, 5.41) is 11.9. The molecule has 1 saturated heterocycles. The van der Waals surface area contributed by atoms with E-state index < -0.39 is 17.7 Å². The van der Waals surface area contributed by atoms with Crippen LogP contribution in [-0.2, 0) is 9.59 Å². The number of hydrogen-bond donors (Lipinski definition) is 1. The van der Waals surface area contributed by atoms with Crippen LogP contribution in [0.25, 0.3) is 5.76 Å². The van der Waals surface area contributed by atoms with Crippen molar-refractivity contribution in [3.8, 4) is 5.75 Å². The number of aliphatic hydroxyl groups is 1. The van der Waals surface area contributed by atoms with Crippen LogP contribution in [-0.4, -0.2) is 23.9 Å². The van der Waals surface area contributed by atoms with Crippen molar-refractivity contribution in [1.29, 1.82) is 0 Å². The van der Waals surface area contributed by atoms with Gasteiger partial charge in [-0.1, -0.05) is 53.0 Å². The van der Waals surface area contributed by atoms with E-state index in [1.807, 2.05) is 25.1 Å². The van der Waals surface area contributed by atoms with E-state index in [1.165, 1.54) is 12.0 Å². The quantitative estimate of drug-likeness (QED) is 0.224. The van der Waals surface area contributed by atoms with E-state index in [9.17, 15) is 14.7 Å². The van der Waals surface area contributed by atoms with Crippen LogP contribution >= 0.6 is 39.1 Å². The maximum absolute atomic E-state index is 13.2. The van der Waals surface area contributed by atoms with Crippen molar-refractivity contribution in [2.24, 2.45) is 0 Å². The van der Waals surface area contributed by atoms with Crippen molar-refractivity contribution in [3.63, 3.8) is 0 Å². The van der Waals surface area contributed by atoms with Crippen molar-refractivity contribution in [1.82, 2.24) is 0 Å². The second-order valence-electron chi connectivity index (χ2n) is 7.56. The number of ketones is 1. The van der Waals surface area contributed by atoms with Crippen LogP contribution in [0.5, 0.6) is 5.75 Å². The van der Waals surface area contributed by atoms with Gasteiger partial charge in [0.15, 0.2) is 0 Å². The molecule has 4 rings (SSSR count). The van der Waals surface area contributed by atoms with Gasteiger partial charge >= 0.3 is 0 Å². The molecule has 8 heteroatoms. The first-order chi connectivity index (χ1) is 15.7. The van der Waals surface area contributed by atoms with Crippen LogP contribution in [0.3, 0.4) is 0 Å². The molecule has 3 aromatic carbocycles. The van der Waals surface area contributed by atoms with Crippen LogP contribution in [0, 0.1) is 6.92 Å². The topological polar surface area (TPSA) is 66.8 Å². The fourth-order valence-corrected chi connectivity index (χ4v) is 4.96. The van der Waals surface area contributed by atoms with E-state index in [0.29, 0.717) is 37.1 Å². The third kappa shape index (κ3) is 4.38. The minimum Gasteiger partial charge on any atom is -0.507 e. The lowest BCUT2D eigenvalue weighted by Gasteiger charge is -2.26. The average molecular weight is 547 g/mol. The van der Waals surface area contributed by atoms with Crippen molar-refractivity contribution in [3.05, 3.63) is 97.4 Å². The monoisotopic (exact) mass is 545 g/mol. The first-order valence-electron chi connectivity index (χ1n) is 9.89. The number of anilines is 1. The molecule has 1 amide bonds. The predicted octanol–water partition coefficient (Wildman–Crippen LogP) is 6.70. The van der Waals surface area contributed by atoms with Crippen LogP contribution in [0.15, 0.2) is 70.7 Å². The van der Waals surface area contributed by atoms with Crippen LogP contribution in [0.1, 0.15) is 22.7 Å². The fourth-order valence-electron chi connectivity index (χ4n) is 3.90. The highest BCUT2D eigenvalue weighted by Gasteiger charge is 2.47. The van der Waals surface area contributed by atoms with Crippen molar-refractivity contribution < 1.29 is 19.4 Å². The fraction of sp³-hybridized carbons (Fsp3) is 0.120. The van der Waals surface area contributed by atoms with Gasteiger partial charge < -0.3 is 9.84 Å². The third-order valence-corrected chi connectivity index (χ3v) is 6.41. The second-order valence-corrected chi connectivity index (χ2v) is 9.29. The molecule has 33 heavy (non-hydrogen) atoms. The lowest BCUT2D eigenvalue weighted by Crippen LogP contribution is -2.29. The van der Waals surface area contributed by atoms with E-state index in [0.717, 1.165) is 5.56 Å². The number of rotatable bonds is 4. The molecule has 1 heterocycles. The van der Waals surface area contributed by atoms with Crippen molar-refractivity contribution in [2.75, 3.05) is 12.0 Å². The average Bonchev–Trinajstić information content (AvgIpc) is 3.03. The molecule has 1 atom stereocenters. The van der Waals surface area contributed by atoms with Crippen molar-refractivity contribution in [2.45, 2.75) is 13.0 Å². The smallest absolute Gasteiger partial charge is 0.300 e. The van der Waals surface area contributed by atoms with E-state index in [1.54, 1.807) is 42.5 Å². The number of ether oxygens (including phenoxy) is 1. The molecular weight excluding hydrogens is 529 g/mol. The Morgan fingerprint density at radius 2 is 1.73 bits per heavy atom. The summed E-state index contributed by atoms with van der Waals surface area (Å²) < 4.78 is 5.84. The molecule has 1 aliphatic heterocycles. The van der Waals surface area contributed by atoms with Gasteiger partial charge in [-0.25, -0.2) is 0 Å². The highest BCUT2D eigenvalue weighted by molar-refractivity contribution is 9.10. The number of aryl methyl sites for hydroxylation is 1. The maximum Gasteiger partial charge on any atom is 0.300 e. The van der Waals surface area contributed by atoms with Gasteiger partial charge in [-0.05, 0) is 64.8 Å². The predicted molar refractivity (Wildman–Crippen MR) is 133 cm³/mol. The third-order valence-electron chi connectivity index (χ3n) is 5.35. The molecule has 0 radical (unpaired) electrons. The zero-order chi connectivity index (χ0) is 23.9. The van der Waals surface area contributed by atoms with Gasteiger partial charge in [0, 0.05) is 21.3 Å². The Balaban J connectivity index is 1.97. The molecule has 0 aliphatic carbocycles. The largest absolute Gasteiger partial charge is 0.507 e. The van der Waals surface area contributed by atoms with Crippen LogP contribution in [0.4, 0.5) is 5.69 Å². The normalized spacial score (nSPS) is 17.5. The molecule has 1 fully saturated rings. The van der Waals surface area contributed by atoms with Gasteiger partial charge in [0.2, 0.25) is 0 Å². The summed E-state index contributed by atoms with van der Waals surface area (Å²) in [5.41, 5.74) is 2.30. The van der Waals surface area contributed by atoms with Gasteiger partial charge in [-0.15, -0.1) is 0 Å². The number of Topliss-reactive ketones (excluding diaryl/α,β-unsaturated/α-hetero) is 1. The molecule has 1 aliphatic rings. The van der Waals surface area contributed by atoms with Crippen LogP contribution < -0.4 is 9.64 Å². The van der Waals surface area contributed by atoms with E-state index in [4.69, 9.17) is 27.9 Å². The highest BCUT2D eigenvalue weighted by atomic mass is 79.9. The minimum atomic E-state index is -0.875. The number of nitrogens with zero attached hydrogens (tertiary/aromatic N) is 1. The number of carbonyl (C=O) groups excluding carboxylic acids is 2. The Morgan fingerprint density at radius 3 is 2.33 bits per heavy atom. The molecule has 3 aromatic rings. The summed E-state index contributed by atoms with van der Waals surface area (Å²) in [7, 11) is 1.53. The van der Waals surface area contributed by atoms with E-state index in [2.05, 4.69) is 15.9 Å². The molecule has 0 spiro atoms. The zero-order valence-corrected chi connectivity index (χ0v) is 20.7. The van der Waals surface area contributed by atoms with Gasteiger partial charge in [0.25, 0.3) is 11.7 Å². The minimum absolute atomic E-state index is 0.0289. The van der Waals surface area contributed by atoms with Gasteiger partial charge in [-0.3, -0.25) is 14.5 Å². The lowest BCUT2D eigenvalue weighted by molar-refractivity contribution is -0.132. The van der Waals surface area contributed by atoms with E-state index in [-0.39, 0.29) is 11.3 Å². The van der Waals surface area contributed by atoms with Gasteiger partial charge in [0.1, 0.15) is 11.5 Å². The molecule has 0 bridgehead atoms. The summed E-state index contributed by atoms with van der Waals surface area (Å²) in [6, 6.07) is 16.1. The highest BCUT2D eigenvalue weighted by Crippen LogP contribution is 2.44. The Labute approximate surface area is 209 Å². The molecule has 0 aromatic heterocycles. The molecule has 1 N–H and O–H groups in total. The molecule has 0 saturated carbocycles. The number of halogens is 3.